The molecule has 10 heteroatoms. The Labute approximate surface area is 168 Å². The molecule has 0 atom stereocenters. The molecule has 1 amide bonds. The third kappa shape index (κ3) is 4.01. The van der Waals surface area contributed by atoms with Crippen LogP contribution in [0, 0.1) is 10.1 Å². The van der Waals surface area contributed by atoms with Crippen molar-refractivity contribution in [2.75, 3.05) is 0 Å². The molecular weight excluding hydrogens is 392 g/mol. The van der Waals surface area contributed by atoms with E-state index in [-0.39, 0.29) is 17.5 Å². The number of carbonyl (C=O) groups is 1. The van der Waals surface area contributed by atoms with E-state index < -0.39 is 4.92 Å². The molecular formula is C19H14N6O3S. The van der Waals surface area contributed by atoms with Crippen LogP contribution in [-0.2, 0) is 11.3 Å². The summed E-state index contributed by atoms with van der Waals surface area (Å²) >= 11 is 0.976. The van der Waals surface area contributed by atoms with Gasteiger partial charge in [-0.1, -0.05) is 29.5 Å². The van der Waals surface area contributed by atoms with Crippen LogP contribution < -0.4 is 5.43 Å². The third-order valence-corrected chi connectivity index (χ3v) is 5.00. The normalized spacial score (nSPS) is 11.2. The number of nitrogens with zero attached hydrogens (tertiary/aromatic N) is 5. The fourth-order valence-corrected chi connectivity index (χ4v) is 3.48. The molecule has 1 aromatic carbocycles. The Balaban J connectivity index is 1.54. The number of hydrazone groups is 1. The van der Waals surface area contributed by atoms with Crippen molar-refractivity contribution >= 4 is 39.5 Å². The fraction of sp³-hybridized carbons (Fsp3) is 0.0526. The molecule has 0 saturated heterocycles. The average Bonchev–Trinajstić information content (AvgIpc) is 3.34. The van der Waals surface area contributed by atoms with Crippen molar-refractivity contribution < 1.29 is 9.72 Å². The number of aromatic nitrogens is 3. The van der Waals surface area contributed by atoms with E-state index in [1.165, 1.54) is 12.3 Å². The van der Waals surface area contributed by atoms with Crippen molar-refractivity contribution in [3.05, 3.63) is 75.8 Å². The van der Waals surface area contributed by atoms with Crippen molar-refractivity contribution in [3.63, 3.8) is 0 Å². The minimum Gasteiger partial charge on any atom is -0.313 e. The third-order valence-electron chi connectivity index (χ3n) is 4.02. The Bertz CT molecular complexity index is 1220. The number of benzene rings is 1. The number of thiophene rings is 1. The van der Waals surface area contributed by atoms with E-state index in [9.17, 15) is 14.9 Å². The van der Waals surface area contributed by atoms with Gasteiger partial charge in [-0.05, 0) is 30.3 Å². The lowest BCUT2D eigenvalue weighted by atomic mass is 10.3. The van der Waals surface area contributed by atoms with Gasteiger partial charge in [0, 0.05) is 12.3 Å². The van der Waals surface area contributed by atoms with Crippen molar-refractivity contribution in [2.45, 2.75) is 6.54 Å². The standard InChI is InChI=1S/C19H14N6O3S/c26-17(23-21-11-13-8-9-18(29-13)25(27)28)12-24-16-7-2-1-5-14(16)22-19(24)15-6-3-4-10-20-15/h1-11H,12H2,(H,23,26). The molecule has 1 N–H and O–H groups in total. The monoisotopic (exact) mass is 406 g/mol. The largest absolute Gasteiger partial charge is 0.324 e. The van der Waals surface area contributed by atoms with Gasteiger partial charge in [0.05, 0.1) is 27.0 Å². The van der Waals surface area contributed by atoms with E-state index >= 15 is 0 Å². The first-order chi connectivity index (χ1) is 14.1. The molecule has 3 aromatic heterocycles. The van der Waals surface area contributed by atoms with Gasteiger partial charge in [-0.2, -0.15) is 5.10 Å². The topological polar surface area (TPSA) is 115 Å². The highest BCUT2D eigenvalue weighted by molar-refractivity contribution is 7.16. The summed E-state index contributed by atoms with van der Waals surface area (Å²) in [5.74, 6) is 0.229. The maximum absolute atomic E-state index is 12.4. The summed E-state index contributed by atoms with van der Waals surface area (Å²) in [5, 5.41) is 14.6. The Kier molecular flexibility index (Phi) is 5.08. The van der Waals surface area contributed by atoms with Gasteiger partial charge < -0.3 is 4.57 Å². The number of hydrogen-bond acceptors (Lipinski definition) is 7. The van der Waals surface area contributed by atoms with Crippen LogP contribution in [0.25, 0.3) is 22.6 Å². The van der Waals surface area contributed by atoms with Crippen molar-refractivity contribution in [2.24, 2.45) is 5.10 Å². The van der Waals surface area contributed by atoms with Crippen LogP contribution in [-0.4, -0.2) is 31.6 Å². The van der Waals surface area contributed by atoms with Crippen LogP contribution in [0.5, 0.6) is 0 Å². The van der Waals surface area contributed by atoms with Crippen LogP contribution in [0.4, 0.5) is 5.00 Å². The molecule has 29 heavy (non-hydrogen) atoms. The molecule has 0 aliphatic carbocycles. The predicted octanol–water partition coefficient (Wildman–Crippen LogP) is 3.22. The lowest BCUT2D eigenvalue weighted by Gasteiger charge is -2.07. The molecule has 9 nitrogen and oxygen atoms in total. The Morgan fingerprint density at radius 2 is 2.03 bits per heavy atom. The zero-order valence-electron chi connectivity index (χ0n) is 14.9. The van der Waals surface area contributed by atoms with Crippen molar-refractivity contribution in [1.82, 2.24) is 20.0 Å². The van der Waals surface area contributed by atoms with E-state index in [1.54, 1.807) is 16.8 Å². The minimum atomic E-state index is -0.468. The first kappa shape index (κ1) is 18.4. The van der Waals surface area contributed by atoms with E-state index in [2.05, 4.69) is 20.5 Å². The van der Waals surface area contributed by atoms with Gasteiger partial charge in [0.2, 0.25) is 0 Å². The molecule has 4 rings (SSSR count). The highest BCUT2D eigenvalue weighted by atomic mass is 32.1. The summed E-state index contributed by atoms with van der Waals surface area (Å²) in [6, 6.07) is 16.0. The molecule has 0 aliphatic heterocycles. The number of para-hydroxylation sites is 2. The number of nitrogens with one attached hydrogen (secondary N) is 1. The summed E-state index contributed by atoms with van der Waals surface area (Å²) in [5.41, 5.74) is 4.67. The van der Waals surface area contributed by atoms with Gasteiger partial charge >= 0.3 is 5.00 Å². The summed E-state index contributed by atoms with van der Waals surface area (Å²) in [7, 11) is 0. The van der Waals surface area contributed by atoms with Crippen LogP contribution in [0.2, 0.25) is 0 Å². The fourth-order valence-electron chi connectivity index (χ4n) is 2.78. The number of pyridine rings is 1. The number of hydrogen-bond donors (Lipinski definition) is 1. The lowest BCUT2D eigenvalue weighted by molar-refractivity contribution is -0.380. The smallest absolute Gasteiger partial charge is 0.313 e. The maximum atomic E-state index is 12.4. The van der Waals surface area contributed by atoms with Crippen LogP contribution in [0.15, 0.2) is 65.9 Å². The van der Waals surface area contributed by atoms with Gasteiger partial charge in [-0.3, -0.25) is 19.9 Å². The Hall–Kier alpha value is -3.92. The molecule has 0 aliphatic rings. The highest BCUT2D eigenvalue weighted by Gasteiger charge is 2.15. The van der Waals surface area contributed by atoms with Crippen LogP contribution in [0.1, 0.15) is 4.88 Å². The number of amides is 1. The molecule has 144 valence electrons. The Morgan fingerprint density at radius 1 is 1.21 bits per heavy atom. The summed E-state index contributed by atoms with van der Waals surface area (Å²) in [6.07, 6.45) is 3.05. The first-order valence-electron chi connectivity index (χ1n) is 8.54. The molecule has 4 aromatic rings. The van der Waals surface area contributed by atoms with Gasteiger partial charge in [0.15, 0.2) is 5.82 Å². The zero-order valence-corrected chi connectivity index (χ0v) is 15.7. The number of rotatable bonds is 6. The van der Waals surface area contributed by atoms with Crippen LogP contribution in [0.3, 0.4) is 0 Å². The van der Waals surface area contributed by atoms with Gasteiger partial charge in [0.1, 0.15) is 12.2 Å². The second-order valence-corrected chi connectivity index (χ2v) is 7.05. The van der Waals surface area contributed by atoms with E-state index in [0.29, 0.717) is 16.4 Å². The molecule has 3 heterocycles. The summed E-state index contributed by atoms with van der Waals surface area (Å²) in [6.45, 7) is -0.00561. The molecule has 0 unspecified atom stereocenters. The first-order valence-corrected chi connectivity index (χ1v) is 9.36. The highest BCUT2D eigenvalue weighted by Crippen LogP contribution is 2.23. The second-order valence-electron chi connectivity index (χ2n) is 5.95. The number of fused-ring (bicyclic) bond motifs is 1. The molecule has 0 radical (unpaired) electrons. The SMILES string of the molecule is O=C(Cn1c(-c2ccccn2)nc2ccccc21)NN=Cc1ccc([N+](=O)[O-])s1. The van der Waals surface area contributed by atoms with Crippen LogP contribution >= 0.6 is 11.3 Å². The average molecular weight is 406 g/mol. The van der Waals surface area contributed by atoms with E-state index in [0.717, 1.165) is 22.4 Å². The predicted molar refractivity (Wildman–Crippen MR) is 110 cm³/mol. The van der Waals surface area contributed by atoms with Crippen molar-refractivity contribution in [3.8, 4) is 11.5 Å². The van der Waals surface area contributed by atoms with Gasteiger partial charge in [-0.25, -0.2) is 10.4 Å². The second kappa shape index (κ2) is 7.98. The molecule has 0 bridgehead atoms. The minimum absolute atomic E-state index is 0.00561. The quantitative estimate of drug-likeness (QED) is 0.300. The summed E-state index contributed by atoms with van der Waals surface area (Å²) < 4.78 is 1.78. The van der Waals surface area contributed by atoms with E-state index in [4.69, 9.17) is 0 Å². The lowest BCUT2D eigenvalue weighted by Crippen LogP contribution is -2.23. The van der Waals surface area contributed by atoms with E-state index in [1.807, 2.05) is 42.5 Å². The number of nitro groups is 1. The molecule has 0 spiro atoms. The van der Waals surface area contributed by atoms with Gasteiger partial charge in [-0.15, -0.1) is 0 Å². The zero-order chi connectivity index (χ0) is 20.2. The van der Waals surface area contributed by atoms with Gasteiger partial charge in [0.25, 0.3) is 5.91 Å². The van der Waals surface area contributed by atoms with Crippen molar-refractivity contribution in [1.29, 1.82) is 0 Å². The Morgan fingerprint density at radius 3 is 2.79 bits per heavy atom. The number of carbonyl (C=O) groups excluding carboxylic acids is 1. The number of imidazole rings is 1. The summed E-state index contributed by atoms with van der Waals surface area (Å²) in [4.78, 5) is 32.2. The maximum Gasteiger partial charge on any atom is 0.324 e. The molecule has 0 fully saturated rings. The molecule has 0 saturated carbocycles.